The number of para-hydroxylation sites is 1. The van der Waals surface area contributed by atoms with E-state index in [9.17, 15) is 14.2 Å². The molecular formula is C42H54N3O7P. The van der Waals surface area contributed by atoms with Crippen molar-refractivity contribution in [2.75, 3.05) is 35.4 Å². The summed E-state index contributed by atoms with van der Waals surface area (Å²) in [6.07, 6.45) is 0.667. The Labute approximate surface area is 314 Å². The van der Waals surface area contributed by atoms with Crippen molar-refractivity contribution in [3.8, 4) is 0 Å². The number of esters is 1. The van der Waals surface area contributed by atoms with E-state index in [1.807, 2.05) is 117 Å². The van der Waals surface area contributed by atoms with Gasteiger partial charge in [0.25, 0.3) is 0 Å². The molecule has 284 valence electrons. The van der Waals surface area contributed by atoms with E-state index in [0.717, 1.165) is 46.7 Å². The van der Waals surface area contributed by atoms with Crippen LogP contribution in [0.3, 0.4) is 0 Å². The molecule has 0 heterocycles. The molecule has 0 radical (unpaired) electrons. The van der Waals surface area contributed by atoms with Crippen LogP contribution in [0.15, 0.2) is 103 Å². The first kappa shape index (κ1) is 41.3. The van der Waals surface area contributed by atoms with Gasteiger partial charge in [0.2, 0.25) is 6.79 Å². The lowest BCUT2D eigenvalue weighted by molar-refractivity contribution is -0.151. The number of urea groups is 1. The van der Waals surface area contributed by atoms with Gasteiger partial charge in [0.1, 0.15) is 0 Å². The number of ether oxygens (including phenoxy) is 1. The summed E-state index contributed by atoms with van der Waals surface area (Å²) in [5, 5.41) is 6.07. The molecule has 4 aromatic rings. The standard InChI is InChI=1S/C42H54N3O7P/c1-7-36(25-41(46)49-30-52-53(48,50-28-34-17-10-8-11-18-34)51-29-35-19-12-9-13-20-35)37-22-23-40(45(26-31(2)3)27-32(4)5)39(24-37)44-42(47)43-38-21-15-14-16-33(38)6/h8-24,31-32,36H,7,25-30H2,1-6H3,(H2,43,44,47). The quantitative estimate of drug-likeness (QED) is 0.0522. The summed E-state index contributed by atoms with van der Waals surface area (Å²) in [4.78, 5) is 28.8. The Morgan fingerprint density at radius 3 is 1.81 bits per heavy atom. The van der Waals surface area contributed by atoms with Crippen LogP contribution in [0.1, 0.15) is 75.6 Å². The van der Waals surface area contributed by atoms with Crippen molar-refractivity contribution in [1.82, 2.24) is 0 Å². The van der Waals surface area contributed by atoms with Crippen LogP contribution in [0.4, 0.5) is 21.9 Å². The van der Waals surface area contributed by atoms with Gasteiger partial charge in [-0.25, -0.2) is 13.9 Å². The first-order valence-electron chi connectivity index (χ1n) is 18.2. The summed E-state index contributed by atoms with van der Waals surface area (Å²) in [6.45, 7) is 13.6. The molecule has 4 rings (SSSR count). The number of carbonyl (C=O) groups is 2. The van der Waals surface area contributed by atoms with Crippen LogP contribution in [-0.2, 0) is 40.9 Å². The second kappa shape index (κ2) is 20.7. The second-order valence-corrected chi connectivity index (χ2v) is 15.6. The zero-order valence-corrected chi connectivity index (χ0v) is 32.6. The normalized spacial score (nSPS) is 12.1. The molecule has 1 atom stereocenters. The van der Waals surface area contributed by atoms with E-state index in [4.69, 9.17) is 18.3 Å². The zero-order chi connectivity index (χ0) is 38.2. The fourth-order valence-corrected chi connectivity index (χ4v) is 6.83. The molecule has 10 nitrogen and oxygen atoms in total. The van der Waals surface area contributed by atoms with Crippen LogP contribution < -0.4 is 15.5 Å². The summed E-state index contributed by atoms with van der Waals surface area (Å²) < 4.78 is 35.8. The largest absolute Gasteiger partial charge is 0.478 e. The van der Waals surface area contributed by atoms with Crippen molar-refractivity contribution >= 4 is 36.9 Å². The Kier molecular flexibility index (Phi) is 16.1. The number of hydrogen-bond donors (Lipinski definition) is 2. The number of aryl methyl sites for hydroxylation is 1. The third kappa shape index (κ3) is 13.8. The lowest BCUT2D eigenvalue weighted by Gasteiger charge is -2.31. The van der Waals surface area contributed by atoms with Gasteiger partial charge in [0.15, 0.2) is 0 Å². The van der Waals surface area contributed by atoms with E-state index >= 15 is 0 Å². The molecule has 1 unspecified atom stereocenters. The average Bonchev–Trinajstić information content (AvgIpc) is 3.13. The van der Waals surface area contributed by atoms with E-state index in [-0.39, 0.29) is 31.6 Å². The van der Waals surface area contributed by atoms with Crippen molar-refractivity contribution in [3.63, 3.8) is 0 Å². The summed E-state index contributed by atoms with van der Waals surface area (Å²) >= 11 is 0. The number of rotatable bonds is 20. The summed E-state index contributed by atoms with van der Waals surface area (Å²) in [6, 6.07) is 31.7. The summed E-state index contributed by atoms with van der Waals surface area (Å²) in [7, 11) is -4.12. The molecular weight excluding hydrogens is 689 g/mol. The molecule has 0 saturated heterocycles. The van der Waals surface area contributed by atoms with Crippen LogP contribution in [0.2, 0.25) is 0 Å². The second-order valence-electron chi connectivity index (χ2n) is 13.9. The molecule has 4 aromatic carbocycles. The molecule has 0 saturated carbocycles. The van der Waals surface area contributed by atoms with Gasteiger partial charge >= 0.3 is 19.8 Å². The van der Waals surface area contributed by atoms with Gasteiger partial charge in [-0.2, -0.15) is 0 Å². The van der Waals surface area contributed by atoms with Gasteiger partial charge in [-0.05, 0) is 71.6 Å². The molecule has 0 spiro atoms. The van der Waals surface area contributed by atoms with E-state index in [1.165, 1.54) is 0 Å². The topological polar surface area (TPSA) is 115 Å². The molecule has 53 heavy (non-hydrogen) atoms. The van der Waals surface area contributed by atoms with Crippen molar-refractivity contribution in [3.05, 3.63) is 125 Å². The Bertz CT molecular complexity index is 1730. The van der Waals surface area contributed by atoms with Gasteiger partial charge in [-0.1, -0.05) is 120 Å². The van der Waals surface area contributed by atoms with E-state index in [1.54, 1.807) is 0 Å². The maximum absolute atomic E-state index is 13.6. The number of phosphoric ester groups is 1. The molecule has 0 aliphatic rings. The predicted molar refractivity (Wildman–Crippen MR) is 212 cm³/mol. The van der Waals surface area contributed by atoms with Crippen molar-refractivity contribution in [2.45, 2.75) is 73.5 Å². The molecule has 2 N–H and O–H groups in total. The monoisotopic (exact) mass is 743 g/mol. The van der Waals surface area contributed by atoms with Crippen molar-refractivity contribution < 1.29 is 32.5 Å². The number of benzene rings is 4. The van der Waals surface area contributed by atoms with Gasteiger partial charge in [-0.15, -0.1) is 0 Å². The summed E-state index contributed by atoms with van der Waals surface area (Å²) in [5.41, 5.74) is 5.67. The highest BCUT2D eigenvalue weighted by atomic mass is 31.2. The van der Waals surface area contributed by atoms with E-state index in [0.29, 0.717) is 23.9 Å². The number of nitrogens with one attached hydrogen (secondary N) is 2. The first-order chi connectivity index (χ1) is 25.4. The molecule has 11 heteroatoms. The maximum atomic E-state index is 13.6. The highest BCUT2D eigenvalue weighted by Gasteiger charge is 2.29. The molecule has 0 aliphatic carbocycles. The Balaban J connectivity index is 1.47. The summed E-state index contributed by atoms with van der Waals surface area (Å²) in [5.74, 6) is 0.0257. The highest BCUT2D eigenvalue weighted by molar-refractivity contribution is 7.48. The minimum atomic E-state index is -4.12. The SMILES string of the molecule is CCC(CC(=O)OCOP(=O)(OCc1ccccc1)OCc1ccccc1)c1ccc(N(CC(C)C)CC(C)C)c(NC(=O)Nc2ccccc2C)c1. The molecule has 2 amide bonds. The van der Waals surface area contributed by atoms with Crippen LogP contribution in [0.25, 0.3) is 0 Å². The predicted octanol–water partition coefficient (Wildman–Crippen LogP) is 10.7. The number of carbonyl (C=O) groups excluding carboxylic acids is 2. The maximum Gasteiger partial charge on any atom is 0.478 e. The molecule has 0 fully saturated rings. The van der Waals surface area contributed by atoms with E-state index < -0.39 is 20.6 Å². The highest BCUT2D eigenvalue weighted by Crippen LogP contribution is 2.51. The van der Waals surface area contributed by atoms with Crippen molar-refractivity contribution in [2.24, 2.45) is 11.8 Å². The fraction of sp³-hybridized carbons (Fsp3) is 0.381. The van der Waals surface area contributed by atoms with Crippen LogP contribution in [0, 0.1) is 18.8 Å². The number of hydrogen-bond acceptors (Lipinski definition) is 8. The molecule has 0 aromatic heterocycles. The first-order valence-corrected chi connectivity index (χ1v) is 19.7. The number of phosphoric acid groups is 1. The van der Waals surface area contributed by atoms with Crippen LogP contribution >= 0.6 is 7.82 Å². The lowest BCUT2D eigenvalue weighted by Crippen LogP contribution is -2.32. The van der Waals surface area contributed by atoms with Crippen LogP contribution in [-0.4, -0.2) is 31.9 Å². The van der Waals surface area contributed by atoms with Crippen LogP contribution in [0.5, 0.6) is 0 Å². The van der Waals surface area contributed by atoms with Gasteiger partial charge < -0.3 is 20.3 Å². The van der Waals surface area contributed by atoms with Gasteiger partial charge in [0, 0.05) is 18.8 Å². The molecule has 0 bridgehead atoms. The average molecular weight is 744 g/mol. The minimum Gasteiger partial charge on any atom is -0.438 e. The Morgan fingerprint density at radius 1 is 0.717 bits per heavy atom. The lowest BCUT2D eigenvalue weighted by atomic mass is 9.92. The van der Waals surface area contributed by atoms with E-state index in [2.05, 4.69) is 43.2 Å². The van der Waals surface area contributed by atoms with Gasteiger partial charge in [0.05, 0.1) is 31.0 Å². The van der Waals surface area contributed by atoms with Gasteiger partial charge in [-0.3, -0.25) is 13.8 Å². The molecule has 0 aliphatic heterocycles. The zero-order valence-electron chi connectivity index (χ0n) is 31.7. The number of nitrogens with zero attached hydrogens (tertiary/aromatic N) is 1. The third-order valence-electron chi connectivity index (χ3n) is 8.45. The number of amides is 2. The Morgan fingerprint density at radius 2 is 1.26 bits per heavy atom. The Hall–Kier alpha value is -4.47. The smallest absolute Gasteiger partial charge is 0.438 e. The number of anilines is 3. The van der Waals surface area contributed by atoms with Crippen molar-refractivity contribution in [1.29, 1.82) is 0 Å². The third-order valence-corrected chi connectivity index (χ3v) is 9.76. The fourth-order valence-electron chi connectivity index (χ4n) is 5.81. The minimum absolute atomic E-state index is 0.0140.